The molecule has 2 rings (SSSR count). The Hall–Kier alpha value is -0.783. The number of unbranched alkanes of at least 4 members (excludes halogenated alkanes) is 2. The van der Waals surface area contributed by atoms with E-state index in [1.165, 1.54) is 30.4 Å². The van der Waals surface area contributed by atoms with E-state index in [0.717, 1.165) is 50.5 Å². The number of ketones is 1. The van der Waals surface area contributed by atoms with Crippen molar-refractivity contribution >= 4 is 27.0 Å². The van der Waals surface area contributed by atoms with Crippen LogP contribution in [0.4, 0.5) is 0 Å². The Balaban J connectivity index is 0.000000533. The van der Waals surface area contributed by atoms with E-state index < -0.39 is 8.56 Å². The fourth-order valence-electron chi connectivity index (χ4n) is 4.16. The second-order valence-electron chi connectivity index (χ2n) is 10.4. The van der Waals surface area contributed by atoms with Crippen LogP contribution in [0.25, 0.3) is 0 Å². The number of benzene rings is 1. The molecule has 1 aliphatic carbocycles. The molecule has 0 aliphatic heterocycles. The van der Waals surface area contributed by atoms with Gasteiger partial charge in [0.2, 0.25) is 0 Å². The summed E-state index contributed by atoms with van der Waals surface area (Å²) in [6.45, 7) is 18.4. The van der Waals surface area contributed by atoms with Crippen molar-refractivity contribution in [3.63, 3.8) is 0 Å². The van der Waals surface area contributed by atoms with Crippen LogP contribution in [0.15, 0.2) is 18.2 Å². The van der Waals surface area contributed by atoms with Crippen molar-refractivity contribution in [3.8, 4) is 5.75 Å². The highest BCUT2D eigenvalue weighted by Gasteiger charge is 2.45. The van der Waals surface area contributed by atoms with Crippen LogP contribution in [-0.2, 0) is 9.22 Å². The van der Waals surface area contributed by atoms with Crippen LogP contribution in [0.2, 0.25) is 6.04 Å². The lowest BCUT2D eigenvalue weighted by molar-refractivity contribution is -0.111. The minimum atomic E-state index is -2.42. The minimum Gasteiger partial charge on any atom is -0.519 e. The maximum atomic E-state index is 10.5. The van der Waals surface area contributed by atoms with Gasteiger partial charge in [0, 0.05) is 25.0 Å². The van der Waals surface area contributed by atoms with Crippen LogP contribution in [-0.4, -0.2) is 25.8 Å². The zero-order chi connectivity index (χ0) is 25.7. The summed E-state index contributed by atoms with van der Waals surface area (Å²) in [5, 5.41) is 0. The van der Waals surface area contributed by atoms with Gasteiger partial charge in [0.25, 0.3) is 0 Å². The van der Waals surface area contributed by atoms with E-state index in [0.29, 0.717) is 23.5 Å². The maximum absolute atomic E-state index is 10.5. The molecule has 0 heterocycles. The van der Waals surface area contributed by atoms with Crippen LogP contribution in [0.5, 0.6) is 5.75 Å². The lowest BCUT2D eigenvalue weighted by Gasteiger charge is -2.36. The van der Waals surface area contributed by atoms with Crippen molar-refractivity contribution in [2.75, 3.05) is 6.61 Å². The van der Waals surface area contributed by atoms with Gasteiger partial charge in [-0.25, -0.2) is 0 Å². The molecule has 0 spiro atoms. The van der Waals surface area contributed by atoms with Gasteiger partial charge in [-0.1, -0.05) is 93.2 Å². The first-order valence-electron chi connectivity index (χ1n) is 13.8. The average Bonchev–Trinajstić information content (AvgIpc) is 3.52. The fourth-order valence-corrected chi connectivity index (χ4v) is 8.32. The number of Topliss-reactive ketones (excluding diaryl/α,β-unsaturated/α-hetero) is 1. The van der Waals surface area contributed by atoms with Crippen LogP contribution in [0.1, 0.15) is 130 Å². The highest BCUT2D eigenvalue weighted by molar-refractivity contribution is 7.83. The largest absolute Gasteiger partial charge is 0.519 e. The number of thiol groups is 1. The first-order valence-corrected chi connectivity index (χ1v) is 16.4. The lowest BCUT2D eigenvalue weighted by atomic mass is 9.95. The first-order chi connectivity index (χ1) is 16.1. The molecule has 1 saturated carbocycles. The van der Waals surface area contributed by atoms with Gasteiger partial charge in [-0.3, -0.25) is 4.79 Å². The van der Waals surface area contributed by atoms with E-state index in [9.17, 15) is 4.79 Å². The molecule has 0 saturated heterocycles. The monoisotopic (exact) mass is 508 g/mol. The summed E-state index contributed by atoms with van der Waals surface area (Å²) in [6, 6.07) is 7.66. The molecule has 0 radical (unpaired) electrons. The van der Waals surface area contributed by atoms with Gasteiger partial charge < -0.3 is 8.85 Å². The quantitative estimate of drug-likeness (QED) is 0.146. The summed E-state index contributed by atoms with van der Waals surface area (Å²) in [5.41, 5.74) is 2.65. The normalized spacial score (nSPS) is 17.9. The molecule has 1 fully saturated rings. The van der Waals surface area contributed by atoms with E-state index in [2.05, 4.69) is 73.6 Å². The van der Waals surface area contributed by atoms with Crippen molar-refractivity contribution in [1.29, 1.82) is 0 Å². The van der Waals surface area contributed by atoms with E-state index in [-0.39, 0.29) is 4.87 Å². The third-order valence-electron chi connectivity index (χ3n) is 6.55. The molecule has 34 heavy (non-hydrogen) atoms. The molecular formula is C29H52O3SSi. The van der Waals surface area contributed by atoms with Crippen molar-refractivity contribution in [2.45, 2.75) is 130 Å². The summed E-state index contributed by atoms with van der Waals surface area (Å²) >= 11 is 4.90. The third-order valence-corrected chi connectivity index (χ3v) is 12.0. The fraction of sp³-hybridized carbons (Fsp3) is 0.759. The lowest BCUT2D eigenvalue weighted by Crippen LogP contribution is -2.54. The zero-order valence-corrected chi connectivity index (χ0v) is 25.2. The molecule has 0 N–H and O–H groups in total. The van der Waals surface area contributed by atoms with Gasteiger partial charge in [0.15, 0.2) is 0 Å². The Morgan fingerprint density at radius 3 is 2.15 bits per heavy atom. The van der Waals surface area contributed by atoms with Crippen molar-refractivity contribution in [3.05, 3.63) is 29.3 Å². The SMILES string of the molecule is CCCCCC1CC1=O.CCCO[Si](CCC)(Oc1ccc(C(C)C)cc1C(C)C)C(S)CC. The van der Waals surface area contributed by atoms with Gasteiger partial charge in [-0.05, 0) is 48.3 Å². The van der Waals surface area contributed by atoms with E-state index in [4.69, 9.17) is 21.5 Å². The van der Waals surface area contributed by atoms with Crippen LogP contribution < -0.4 is 4.43 Å². The Bertz CT molecular complexity index is 721. The molecule has 1 aliphatic rings. The Morgan fingerprint density at radius 2 is 1.68 bits per heavy atom. The van der Waals surface area contributed by atoms with Gasteiger partial charge in [-0.15, -0.1) is 0 Å². The molecule has 1 aromatic rings. The highest BCUT2D eigenvalue weighted by atomic mass is 32.1. The van der Waals surface area contributed by atoms with Crippen LogP contribution in [0.3, 0.4) is 0 Å². The number of hydrogen-bond acceptors (Lipinski definition) is 4. The molecule has 0 amide bonds. The van der Waals surface area contributed by atoms with Gasteiger partial charge in [0.05, 0.1) is 4.87 Å². The van der Waals surface area contributed by atoms with Gasteiger partial charge >= 0.3 is 8.56 Å². The van der Waals surface area contributed by atoms with E-state index in [1.807, 2.05) is 0 Å². The topological polar surface area (TPSA) is 35.5 Å². The molecule has 1 aromatic carbocycles. The number of rotatable bonds is 15. The molecular weight excluding hydrogens is 456 g/mol. The third kappa shape index (κ3) is 10.1. The molecule has 3 unspecified atom stereocenters. The maximum Gasteiger partial charge on any atom is 0.412 e. The van der Waals surface area contributed by atoms with Crippen molar-refractivity contribution < 1.29 is 13.6 Å². The van der Waals surface area contributed by atoms with E-state index in [1.54, 1.807) is 0 Å². The molecule has 5 heteroatoms. The van der Waals surface area contributed by atoms with Crippen molar-refractivity contribution in [2.24, 2.45) is 5.92 Å². The van der Waals surface area contributed by atoms with E-state index >= 15 is 0 Å². The Labute approximate surface area is 217 Å². The van der Waals surface area contributed by atoms with Crippen molar-refractivity contribution in [1.82, 2.24) is 0 Å². The molecule has 0 bridgehead atoms. The number of carbonyl (C=O) groups excluding carboxylic acids is 1. The molecule has 0 aromatic heterocycles. The molecule has 3 atom stereocenters. The summed E-state index contributed by atoms with van der Waals surface area (Å²) in [6.07, 6.45) is 8.90. The first kappa shape index (κ1) is 31.2. The summed E-state index contributed by atoms with van der Waals surface area (Å²) in [4.78, 5) is 10.7. The summed E-state index contributed by atoms with van der Waals surface area (Å²) < 4.78 is 13.2. The second-order valence-corrected chi connectivity index (χ2v) is 14.8. The number of carbonyl (C=O) groups is 1. The smallest absolute Gasteiger partial charge is 0.412 e. The molecule has 196 valence electrons. The summed E-state index contributed by atoms with van der Waals surface area (Å²) in [5.74, 6) is 2.92. The number of hydrogen-bond donors (Lipinski definition) is 1. The molecule has 3 nitrogen and oxygen atoms in total. The average molecular weight is 509 g/mol. The zero-order valence-electron chi connectivity index (χ0n) is 23.3. The van der Waals surface area contributed by atoms with Gasteiger partial charge in [-0.2, -0.15) is 12.6 Å². The Kier molecular flexibility index (Phi) is 14.8. The van der Waals surface area contributed by atoms with Crippen LogP contribution in [0, 0.1) is 5.92 Å². The van der Waals surface area contributed by atoms with Gasteiger partial charge in [0.1, 0.15) is 11.5 Å². The summed E-state index contributed by atoms with van der Waals surface area (Å²) in [7, 11) is -2.42. The van der Waals surface area contributed by atoms with Crippen LogP contribution >= 0.6 is 12.6 Å². The standard InChI is InChI=1S/C21H38O2SSi.C8H14O/c1-8-13-22-25(14-9-2,21(24)10-3)23-20-12-11-18(16(4)5)15-19(20)17(6)7;1-2-3-4-5-7-6-8(7)9/h11-12,15-17,21,24H,8-10,13-14H2,1-7H3;7H,2-6H2,1H3. The highest BCUT2D eigenvalue weighted by Crippen LogP contribution is 2.35. The minimum absolute atomic E-state index is 0.184. The predicted octanol–water partition coefficient (Wildman–Crippen LogP) is 8.99. The Morgan fingerprint density at radius 1 is 1.00 bits per heavy atom. The second kappa shape index (κ2) is 16.1. The predicted molar refractivity (Wildman–Crippen MR) is 153 cm³/mol.